The minimum atomic E-state index is -3.15. The Hall–Kier alpha value is -3.43. The predicted molar refractivity (Wildman–Crippen MR) is 116 cm³/mol. The minimum absolute atomic E-state index is 0.0550. The number of aromatic nitrogens is 3. The fraction of sp³-hybridized carbons (Fsp3) is 0.409. The molecule has 0 spiro atoms. The van der Waals surface area contributed by atoms with E-state index in [1.54, 1.807) is 33.8 Å². The second-order valence-electron chi connectivity index (χ2n) is 7.78. The van der Waals surface area contributed by atoms with Crippen LogP contribution in [0.2, 0.25) is 0 Å². The summed E-state index contributed by atoms with van der Waals surface area (Å²) < 4.78 is 32.4. The van der Waals surface area contributed by atoms with E-state index >= 15 is 0 Å². The average Bonchev–Trinajstić information content (AvgIpc) is 2.70. The maximum atomic E-state index is 13.6. The normalized spacial score (nSPS) is 11.2. The molecule has 0 aliphatic heterocycles. The van der Waals surface area contributed by atoms with Crippen molar-refractivity contribution in [2.24, 2.45) is 5.92 Å². The van der Waals surface area contributed by atoms with Crippen molar-refractivity contribution in [3.8, 4) is 5.88 Å². The number of hydrogen-bond donors (Lipinski definition) is 2. The van der Waals surface area contributed by atoms with Crippen LogP contribution in [0.3, 0.4) is 0 Å². The number of anilines is 1. The number of pyridine rings is 1. The molecule has 2 rings (SSSR count). The summed E-state index contributed by atoms with van der Waals surface area (Å²) in [6.07, 6.45) is 1.43. The van der Waals surface area contributed by atoms with Gasteiger partial charge in [-0.1, -0.05) is 20.4 Å². The third-order valence-electron chi connectivity index (χ3n) is 4.40. The van der Waals surface area contributed by atoms with Crippen molar-refractivity contribution in [3.63, 3.8) is 0 Å². The Balaban J connectivity index is 2.02. The van der Waals surface area contributed by atoms with Crippen molar-refractivity contribution in [1.82, 2.24) is 20.3 Å². The van der Waals surface area contributed by atoms with Gasteiger partial charge in [0.25, 0.3) is 5.91 Å². The monoisotopic (exact) mass is 447 g/mol. The van der Waals surface area contributed by atoms with Gasteiger partial charge >= 0.3 is 5.92 Å². The topological polar surface area (TPSA) is 106 Å². The van der Waals surface area contributed by atoms with Crippen LogP contribution in [0.4, 0.5) is 14.7 Å². The number of carbonyl (C=O) groups is 2. The lowest BCUT2D eigenvalue weighted by Crippen LogP contribution is -2.27. The highest BCUT2D eigenvalue weighted by molar-refractivity contribution is 5.94. The lowest BCUT2D eigenvalue weighted by molar-refractivity contribution is -0.118. The number of hydrogen-bond acceptors (Lipinski definition) is 6. The Morgan fingerprint density at radius 1 is 1.22 bits per heavy atom. The summed E-state index contributed by atoms with van der Waals surface area (Å²) >= 11 is 0. The van der Waals surface area contributed by atoms with E-state index in [1.165, 1.54) is 19.2 Å². The predicted octanol–water partition coefficient (Wildman–Crippen LogP) is 3.60. The van der Waals surface area contributed by atoms with Crippen LogP contribution in [0.1, 0.15) is 48.1 Å². The Morgan fingerprint density at radius 2 is 1.91 bits per heavy atom. The highest BCUT2D eigenvalue weighted by atomic mass is 19.3. The summed E-state index contributed by atoms with van der Waals surface area (Å²) in [6.45, 7) is 10.6. The molecule has 0 fully saturated rings. The zero-order valence-corrected chi connectivity index (χ0v) is 18.8. The first-order chi connectivity index (χ1) is 14.9. The van der Waals surface area contributed by atoms with Crippen LogP contribution in [0.25, 0.3) is 0 Å². The van der Waals surface area contributed by atoms with Crippen LogP contribution in [-0.4, -0.2) is 39.3 Å². The smallest absolute Gasteiger partial charge is 0.302 e. The molecule has 2 aromatic heterocycles. The summed E-state index contributed by atoms with van der Waals surface area (Å²) in [5.74, 6) is -3.99. The molecule has 2 amide bonds. The van der Waals surface area contributed by atoms with Crippen molar-refractivity contribution in [1.29, 1.82) is 0 Å². The highest BCUT2D eigenvalue weighted by Gasteiger charge is 2.31. The second-order valence-corrected chi connectivity index (χ2v) is 7.78. The van der Waals surface area contributed by atoms with Crippen LogP contribution in [0.15, 0.2) is 30.5 Å². The van der Waals surface area contributed by atoms with Gasteiger partial charge in [0, 0.05) is 29.9 Å². The number of halogens is 2. The molecular weight excluding hydrogens is 420 g/mol. The number of rotatable bonds is 9. The second kappa shape index (κ2) is 10.3. The Kier molecular flexibility index (Phi) is 7.96. The van der Waals surface area contributed by atoms with E-state index in [1.807, 2.05) is 0 Å². The van der Waals surface area contributed by atoms with Gasteiger partial charge in [-0.2, -0.15) is 8.78 Å². The molecule has 172 valence electrons. The molecular formula is C22H27F2N5O3. The molecule has 0 aliphatic rings. The zero-order chi connectivity index (χ0) is 24.1. The maximum absolute atomic E-state index is 13.6. The van der Waals surface area contributed by atoms with E-state index in [2.05, 4.69) is 32.2 Å². The van der Waals surface area contributed by atoms with Crippen molar-refractivity contribution in [2.45, 2.75) is 47.1 Å². The lowest BCUT2D eigenvalue weighted by Gasteiger charge is -2.17. The van der Waals surface area contributed by atoms with E-state index in [4.69, 9.17) is 4.74 Å². The van der Waals surface area contributed by atoms with Crippen molar-refractivity contribution in [3.05, 3.63) is 53.0 Å². The number of amides is 2. The Bertz CT molecular complexity index is 1020. The summed E-state index contributed by atoms with van der Waals surface area (Å²) in [6, 6.07) is 3.18. The van der Waals surface area contributed by atoms with Crippen LogP contribution >= 0.6 is 0 Å². The number of aryl methyl sites for hydroxylation is 2. The molecule has 0 aliphatic carbocycles. The fourth-order valence-corrected chi connectivity index (χ4v) is 2.42. The van der Waals surface area contributed by atoms with Gasteiger partial charge in [-0.3, -0.25) is 14.9 Å². The maximum Gasteiger partial charge on any atom is 0.302 e. The molecule has 0 saturated heterocycles. The molecule has 0 saturated carbocycles. The first-order valence-electron chi connectivity index (χ1n) is 9.96. The molecule has 8 nitrogen and oxygen atoms in total. The zero-order valence-electron chi connectivity index (χ0n) is 18.8. The Morgan fingerprint density at radius 3 is 2.50 bits per heavy atom. The largest absolute Gasteiger partial charge is 0.471 e. The highest BCUT2D eigenvalue weighted by Crippen LogP contribution is 2.24. The average molecular weight is 447 g/mol. The summed E-state index contributed by atoms with van der Waals surface area (Å²) in [4.78, 5) is 36.6. The van der Waals surface area contributed by atoms with Crippen molar-refractivity contribution < 1.29 is 23.1 Å². The number of ether oxygens (including phenoxy) is 1. The first kappa shape index (κ1) is 24.8. The van der Waals surface area contributed by atoms with E-state index in [0.29, 0.717) is 16.8 Å². The standard InChI is InChI=1S/C22H27F2N5O3/c1-12(2)18(30)29-21-27-15(6)8-17(28-21)19(31)25-9-16-7-14(5)20(26-10-16)32-11-22(23,24)13(3)4/h7-8,10,12H,3,9,11H2,1-2,4-6H3,(H,25,31)(H,27,28,29,30). The van der Waals surface area contributed by atoms with E-state index in [0.717, 1.165) is 0 Å². The van der Waals surface area contributed by atoms with Gasteiger partial charge in [-0.25, -0.2) is 15.0 Å². The van der Waals surface area contributed by atoms with Crippen molar-refractivity contribution >= 4 is 17.8 Å². The molecule has 0 atom stereocenters. The number of nitrogens with one attached hydrogen (secondary N) is 2. The molecule has 0 unspecified atom stereocenters. The Labute approximate surface area is 185 Å². The van der Waals surface area contributed by atoms with Crippen LogP contribution < -0.4 is 15.4 Å². The first-order valence-corrected chi connectivity index (χ1v) is 9.96. The molecule has 32 heavy (non-hydrogen) atoms. The number of alkyl halides is 2. The van der Waals surface area contributed by atoms with Crippen LogP contribution in [0, 0.1) is 19.8 Å². The van der Waals surface area contributed by atoms with Gasteiger partial charge in [0.05, 0.1) is 0 Å². The van der Waals surface area contributed by atoms with Gasteiger partial charge in [-0.15, -0.1) is 0 Å². The molecule has 2 heterocycles. The van der Waals surface area contributed by atoms with Gasteiger partial charge in [0.1, 0.15) is 5.69 Å². The summed E-state index contributed by atoms with van der Waals surface area (Å²) in [5, 5.41) is 5.28. The van der Waals surface area contributed by atoms with E-state index < -0.39 is 18.4 Å². The quantitative estimate of drug-likeness (QED) is 0.569. The van der Waals surface area contributed by atoms with Gasteiger partial charge in [0.15, 0.2) is 6.61 Å². The SMILES string of the molecule is C=C(C)C(F)(F)COc1ncc(CNC(=O)c2cc(C)nc(NC(=O)C(C)C)n2)cc1C. The minimum Gasteiger partial charge on any atom is -0.471 e. The molecule has 0 radical (unpaired) electrons. The molecule has 0 bridgehead atoms. The summed E-state index contributed by atoms with van der Waals surface area (Å²) in [5.41, 5.74) is 1.53. The van der Waals surface area contributed by atoms with Crippen LogP contribution in [0.5, 0.6) is 5.88 Å². The third kappa shape index (κ3) is 6.79. The fourth-order valence-electron chi connectivity index (χ4n) is 2.42. The van der Waals surface area contributed by atoms with E-state index in [-0.39, 0.29) is 41.5 Å². The summed E-state index contributed by atoms with van der Waals surface area (Å²) in [7, 11) is 0. The lowest BCUT2D eigenvalue weighted by atomic mass is 10.2. The number of nitrogens with zero attached hydrogens (tertiary/aromatic N) is 3. The molecule has 0 aromatic carbocycles. The van der Waals surface area contributed by atoms with Gasteiger partial charge < -0.3 is 10.1 Å². The third-order valence-corrected chi connectivity index (χ3v) is 4.40. The van der Waals surface area contributed by atoms with Crippen molar-refractivity contribution in [2.75, 3.05) is 11.9 Å². The molecule has 10 heteroatoms. The van der Waals surface area contributed by atoms with E-state index in [9.17, 15) is 18.4 Å². The van der Waals surface area contributed by atoms with Crippen LogP contribution in [-0.2, 0) is 11.3 Å². The number of carbonyl (C=O) groups excluding carboxylic acids is 2. The molecule has 2 aromatic rings. The van der Waals surface area contributed by atoms with Gasteiger partial charge in [-0.05, 0) is 44.0 Å². The molecule has 2 N–H and O–H groups in total. The van der Waals surface area contributed by atoms with Gasteiger partial charge in [0.2, 0.25) is 17.7 Å².